The van der Waals surface area contributed by atoms with Gasteiger partial charge in [-0.25, -0.2) is 0 Å². The number of benzene rings is 2. The van der Waals surface area contributed by atoms with Gasteiger partial charge in [-0.2, -0.15) is 0 Å². The normalized spacial score (nSPS) is 14.8. The van der Waals surface area contributed by atoms with E-state index in [2.05, 4.69) is 33.2 Å². The molecule has 1 fully saturated rings. The molecule has 0 spiro atoms. The molecule has 0 radical (unpaired) electrons. The predicted molar refractivity (Wildman–Crippen MR) is 114 cm³/mol. The van der Waals surface area contributed by atoms with Crippen LogP contribution in [-0.2, 0) is 11.3 Å². The number of hydrogen-bond donors (Lipinski definition) is 1. The van der Waals surface area contributed by atoms with Crippen LogP contribution in [0.5, 0.6) is 5.75 Å². The van der Waals surface area contributed by atoms with Crippen LogP contribution in [0.15, 0.2) is 53.0 Å². The second kappa shape index (κ2) is 10.6. The van der Waals surface area contributed by atoms with Gasteiger partial charge < -0.3 is 14.8 Å². The number of amides is 1. The molecule has 150 valence electrons. The summed E-state index contributed by atoms with van der Waals surface area (Å²) in [5.74, 6) is 0.736. The van der Waals surface area contributed by atoms with Gasteiger partial charge in [0.2, 0.25) is 0 Å². The van der Waals surface area contributed by atoms with Crippen LogP contribution in [-0.4, -0.2) is 50.3 Å². The summed E-state index contributed by atoms with van der Waals surface area (Å²) in [6, 6.07) is 15.8. The number of halogens is 1. The van der Waals surface area contributed by atoms with Crippen LogP contribution in [0, 0.1) is 0 Å². The molecule has 2 aromatic carbocycles. The van der Waals surface area contributed by atoms with E-state index in [1.165, 1.54) is 0 Å². The Balaban J connectivity index is 1.45. The molecule has 2 aromatic rings. The quantitative estimate of drug-likeness (QED) is 0.668. The fraction of sp³-hybridized carbons (Fsp3) is 0.409. The van der Waals surface area contributed by atoms with Crippen molar-refractivity contribution in [2.75, 3.05) is 33.4 Å². The fourth-order valence-electron chi connectivity index (χ4n) is 3.28. The Labute approximate surface area is 175 Å². The number of rotatable bonds is 8. The van der Waals surface area contributed by atoms with Gasteiger partial charge in [0.05, 0.1) is 0 Å². The van der Waals surface area contributed by atoms with Gasteiger partial charge in [0.25, 0.3) is 5.91 Å². The first kappa shape index (κ1) is 20.8. The molecular weight excluding hydrogens is 420 g/mol. The van der Waals surface area contributed by atoms with E-state index < -0.39 is 0 Å². The monoisotopic (exact) mass is 446 g/mol. The number of nitrogens with zero attached hydrogens (tertiary/aromatic N) is 1. The molecule has 3 rings (SSSR count). The van der Waals surface area contributed by atoms with E-state index >= 15 is 0 Å². The minimum Gasteiger partial charge on any atom is -0.492 e. The van der Waals surface area contributed by atoms with Gasteiger partial charge in [0.15, 0.2) is 0 Å². The topological polar surface area (TPSA) is 50.8 Å². The van der Waals surface area contributed by atoms with Gasteiger partial charge in [0, 0.05) is 42.4 Å². The Morgan fingerprint density at radius 1 is 1.21 bits per heavy atom. The van der Waals surface area contributed by atoms with Crippen LogP contribution in [0.4, 0.5) is 0 Å². The molecule has 0 aliphatic carbocycles. The van der Waals surface area contributed by atoms with Crippen molar-refractivity contribution in [1.29, 1.82) is 0 Å². The fourth-order valence-corrected chi connectivity index (χ4v) is 3.67. The Kier molecular flexibility index (Phi) is 7.89. The van der Waals surface area contributed by atoms with Crippen LogP contribution in [0.3, 0.4) is 0 Å². The Morgan fingerprint density at radius 3 is 2.79 bits per heavy atom. The minimum atomic E-state index is -0.0919. The van der Waals surface area contributed by atoms with Crippen molar-refractivity contribution < 1.29 is 14.3 Å². The number of ether oxygens (including phenoxy) is 2. The van der Waals surface area contributed by atoms with Gasteiger partial charge in [-0.3, -0.25) is 9.69 Å². The van der Waals surface area contributed by atoms with Crippen molar-refractivity contribution in [3.8, 4) is 5.75 Å². The molecule has 6 heteroatoms. The van der Waals surface area contributed by atoms with Crippen molar-refractivity contribution in [3.63, 3.8) is 0 Å². The summed E-state index contributed by atoms with van der Waals surface area (Å²) in [7, 11) is 2.15. The zero-order valence-electron chi connectivity index (χ0n) is 16.2. The van der Waals surface area contributed by atoms with E-state index in [1.807, 2.05) is 42.5 Å². The Hall–Kier alpha value is -1.89. The van der Waals surface area contributed by atoms with Crippen LogP contribution >= 0.6 is 15.9 Å². The number of nitrogens with one attached hydrogen (secondary N) is 1. The number of carbonyl (C=O) groups excluding carboxylic acids is 1. The predicted octanol–water partition coefficient (Wildman–Crippen LogP) is 3.87. The maximum Gasteiger partial charge on any atom is 0.251 e. The lowest BCUT2D eigenvalue weighted by atomic mass is 10.1. The molecule has 0 aromatic heterocycles. The van der Waals surface area contributed by atoms with E-state index in [9.17, 15) is 4.79 Å². The van der Waals surface area contributed by atoms with Gasteiger partial charge in [-0.1, -0.05) is 34.1 Å². The highest BCUT2D eigenvalue weighted by atomic mass is 79.9. The molecule has 28 heavy (non-hydrogen) atoms. The molecule has 0 unspecified atom stereocenters. The summed E-state index contributed by atoms with van der Waals surface area (Å²) < 4.78 is 12.2. The first-order chi connectivity index (χ1) is 13.6. The van der Waals surface area contributed by atoms with Crippen LogP contribution in [0.25, 0.3) is 0 Å². The average molecular weight is 447 g/mol. The summed E-state index contributed by atoms with van der Waals surface area (Å²) in [5, 5.41) is 2.95. The van der Waals surface area contributed by atoms with E-state index in [0.29, 0.717) is 24.8 Å². The summed E-state index contributed by atoms with van der Waals surface area (Å²) in [4.78, 5) is 14.6. The van der Waals surface area contributed by atoms with Crippen LogP contribution in [0.1, 0.15) is 28.8 Å². The zero-order valence-corrected chi connectivity index (χ0v) is 17.8. The highest BCUT2D eigenvalue weighted by Crippen LogP contribution is 2.16. The number of hydrogen-bond acceptors (Lipinski definition) is 4. The van der Waals surface area contributed by atoms with E-state index in [-0.39, 0.29) is 5.91 Å². The second-order valence-corrected chi connectivity index (χ2v) is 7.93. The molecular formula is C22H27BrN2O3. The SMILES string of the molecule is CN(CCOc1cccc(CNC(=O)c2cccc(Br)c2)c1)C1CCOCC1. The van der Waals surface area contributed by atoms with Crippen LogP contribution in [0.2, 0.25) is 0 Å². The van der Waals surface area contributed by atoms with Gasteiger partial charge in [-0.05, 0) is 55.8 Å². The first-order valence-corrected chi connectivity index (χ1v) is 10.4. The molecule has 1 aliphatic heterocycles. The molecule has 1 heterocycles. The highest BCUT2D eigenvalue weighted by molar-refractivity contribution is 9.10. The lowest BCUT2D eigenvalue weighted by Crippen LogP contribution is -2.38. The minimum absolute atomic E-state index is 0.0919. The first-order valence-electron chi connectivity index (χ1n) is 9.65. The molecule has 0 bridgehead atoms. The highest BCUT2D eigenvalue weighted by Gasteiger charge is 2.18. The molecule has 1 aliphatic rings. The van der Waals surface area contributed by atoms with Crippen molar-refractivity contribution >= 4 is 21.8 Å². The molecule has 1 amide bonds. The summed E-state index contributed by atoms with van der Waals surface area (Å²) >= 11 is 3.39. The lowest BCUT2D eigenvalue weighted by Gasteiger charge is -2.31. The Morgan fingerprint density at radius 2 is 2.00 bits per heavy atom. The molecule has 0 atom stereocenters. The Bertz CT molecular complexity index is 778. The van der Waals surface area contributed by atoms with Crippen molar-refractivity contribution in [3.05, 3.63) is 64.1 Å². The maximum atomic E-state index is 12.3. The number of carbonyl (C=O) groups is 1. The number of likely N-dealkylation sites (N-methyl/N-ethyl adjacent to an activating group) is 1. The van der Waals surface area contributed by atoms with E-state index in [4.69, 9.17) is 9.47 Å². The van der Waals surface area contributed by atoms with Crippen molar-refractivity contribution in [2.24, 2.45) is 0 Å². The molecule has 1 saturated heterocycles. The smallest absolute Gasteiger partial charge is 0.251 e. The van der Waals surface area contributed by atoms with Crippen molar-refractivity contribution in [1.82, 2.24) is 10.2 Å². The third-order valence-corrected chi connectivity index (χ3v) is 5.46. The third-order valence-electron chi connectivity index (χ3n) is 4.97. The zero-order chi connectivity index (χ0) is 19.8. The maximum absolute atomic E-state index is 12.3. The summed E-state index contributed by atoms with van der Waals surface area (Å²) in [6.45, 7) is 3.69. The van der Waals surface area contributed by atoms with Crippen LogP contribution < -0.4 is 10.1 Å². The second-order valence-electron chi connectivity index (χ2n) is 7.01. The third kappa shape index (κ3) is 6.33. The summed E-state index contributed by atoms with van der Waals surface area (Å²) in [5.41, 5.74) is 1.65. The van der Waals surface area contributed by atoms with E-state index in [0.717, 1.165) is 48.4 Å². The lowest BCUT2D eigenvalue weighted by molar-refractivity contribution is 0.0392. The largest absolute Gasteiger partial charge is 0.492 e. The van der Waals surface area contributed by atoms with Gasteiger partial charge in [-0.15, -0.1) is 0 Å². The van der Waals surface area contributed by atoms with Crippen molar-refractivity contribution in [2.45, 2.75) is 25.4 Å². The molecule has 1 N–H and O–H groups in total. The van der Waals surface area contributed by atoms with Gasteiger partial charge in [0.1, 0.15) is 12.4 Å². The molecule has 5 nitrogen and oxygen atoms in total. The standard InChI is InChI=1S/C22H27BrN2O3/c1-25(20-8-11-27-12-9-20)10-13-28-21-7-2-4-17(14-21)16-24-22(26)18-5-3-6-19(23)15-18/h2-7,14-15,20H,8-13,16H2,1H3,(H,24,26). The van der Waals surface area contributed by atoms with Gasteiger partial charge >= 0.3 is 0 Å². The van der Waals surface area contributed by atoms with E-state index in [1.54, 1.807) is 6.07 Å². The average Bonchev–Trinajstić information content (AvgIpc) is 2.73. The molecule has 0 saturated carbocycles. The summed E-state index contributed by atoms with van der Waals surface area (Å²) in [6.07, 6.45) is 2.17.